The van der Waals surface area contributed by atoms with Gasteiger partial charge in [-0.25, -0.2) is 0 Å². The van der Waals surface area contributed by atoms with Crippen molar-refractivity contribution in [2.45, 2.75) is 0 Å². The molecule has 0 radical (unpaired) electrons. The fourth-order valence-electron chi connectivity index (χ4n) is 6.50. The second-order valence-electron chi connectivity index (χ2n) is 10.2. The molecule has 3 heteroatoms. The first-order valence-electron chi connectivity index (χ1n) is 13.3. The minimum absolute atomic E-state index is 0.250. The van der Waals surface area contributed by atoms with Gasteiger partial charge in [0.1, 0.15) is 0 Å². The van der Waals surface area contributed by atoms with E-state index >= 15 is 0 Å². The Labute approximate surface area is 230 Å². The number of hydrogen-bond acceptors (Lipinski definition) is 0. The molecule has 0 aliphatic carbocycles. The van der Waals surface area contributed by atoms with Crippen LogP contribution < -0.4 is 0 Å². The predicted molar refractivity (Wildman–Crippen MR) is 167 cm³/mol. The fraction of sp³-hybridized carbons (Fsp3) is 0. The van der Waals surface area contributed by atoms with Crippen molar-refractivity contribution in [3.05, 3.63) is 133 Å². The minimum atomic E-state index is 0.250. The van der Waals surface area contributed by atoms with Crippen LogP contribution in [0.5, 0.6) is 0 Å². The zero-order chi connectivity index (χ0) is 25.5. The van der Waals surface area contributed by atoms with E-state index < -0.39 is 0 Å². The molecule has 0 fully saturated rings. The van der Waals surface area contributed by atoms with Crippen molar-refractivity contribution in [3.8, 4) is 11.4 Å². The molecule has 2 nitrogen and oxygen atoms in total. The first-order chi connectivity index (χ1) is 19.4. The van der Waals surface area contributed by atoms with Gasteiger partial charge in [-0.1, -0.05) is 0 Å². The third-order valence-electron chi connectivity index (χ3n) is 8.11. The second-order valence-corrected chi connectivity index (χ2v) is 12.4. The number of aromatic nitrogens is 2. The molecule has 9 rings (SSSR count). The summed E-state index contributed by atoms with van der Waals surface area (Å²) in [7, 11) is 0. The average molecular weight is 562 g/mol. The zero-order valence-electron chi connectivity index (χ0n) is 21.0. The van der Waals surface area contributed by atoms with E-state index in [2.05, 4.69) is 143 Å². The fourth-order valence-corrected chi connectivity index (χ4v) is 9.04. The standard InChI is InChI=1S/C36H22N2Se/c1-2-11-23(12-3-1)37-30-17-7-4-13-24(30)27-21-22-28-25-14-5-8-18-31(25)38(35(28)34(27)37)32-19-10-16-29-26-15-6-9-20-33(26)39-36(29)32/h1-22H. The zero-order valence-corrected chi connectivity index (χ0v) is 22.7. The van der Waals surface area contributed by atoms with E-state index in [-0.39, 0.29) is 14.5 Å². The first kappa shape index (κ1) is 21.4. The Morgan fingerprint density at radius 3 is 1.69 bits per heavy atom. The summed E-state index contributed by atoms with van der Waals surface area (Å²) in [6, 6.07) is 49.0. The van der Waals surface area contributed by atoms with Crippen molar-refractivity contribution in [2.24, 2.45) is 0 Å². The summed E-state index contributed by atoms with van der Waals surface area (Å²) in [6.07, 6.45) is 0. The van der Waals surface area contributed by atoms with Gasteiger partial charge < -0.3 is 0 Å². The Morgan fingerprint density at radius 1 is 0.385 bits per heavy atom. The second kappa shape index (κ2) is 7.97. The third kappa shape index (κ3) is 2.86. The van der Waals surface area contributed by atoms with Gasteiger partial charge >= 0.3 is 231 Å². The molecule has 39 heavy (non-hydrogen) atoms. The van der Waals surface area contributed by atoms with Crippen molar-refractivity contribution < 1.29 is 0 Å². The maximum absolute atomic E-state index is 2.55. The van der Waals surface area contributed by atoms with Gasteiger partial charge in [0, 0.05) is 0 Å². The summed E-state index contributed by atoms with van der Waals surface area (Å²) >= 11 is 0.250. The number of rotatable bonds is 2. The summed E-state index contributed by atoms with van der Waals surface area (Å²) in [4.78, 5) is 0. The molecule has 0 aliphatic heterocycles. The Bertz CT molecular complexity index is 2390. The van der Waals surface area contributed by atoms with Gasteiger partial charge in [-0.2, -0.15) is 0 Å². The Hall–Kier alpha value is -4.56. The third-order valence-corrected chi connectivity index (χ3v) is 10.6. The van der Waals surface area contributed by atoms with Crippen LogP contribution in [0.25, 0.3) is 74.3 Å². The quantitative estimate of drug-likeness (QED) is 0.186. The van der Waals surface area contributed by atoms with Crippen LogP contribution in [-0.4, -0.2) is 23.6 Å². The molecular weight excluding hydrogens is 539 g/mol. The molecule has 0 spiro atoms. The number of benzene rings is 6. The van der Waals surface area contributed by atoms with Gasteiger partial charge in [0.25, 0.3) is 0 Å². The molecular formula is C36H22N2Se. The molecule has 6 aromatic carbocycles. The van der Waals surface area contributed by atoms with Crippen LogP contribution in [-0.2, 0) is 0 Å². The van der Waals surface area contributed by atoms with Crippen molar-refractivity contribution in [2.75, 3.05) is 0 Å². The Kier molecular flexibility index (Phi) is 4.37. The molecule has 3 heterocycles. The molecule has 3 aromatic heterocycles. The van der Waals surface area contributed by atoms with Crippen LogP contribution in [0.3, 0.4) is 0 Å². The van der Waals surface area contributed by atoms with Crippen LogP contribution in [0.15, 0.2) is 133 Å². The normalized spacial score (nSPS) is 12.1. The first-order valence-corrected chi connectivity index (χ1v) is 15.0. The van der Waals surface area contributed by atoms with Gasteiger partial charge in [0.2, 0.25) is 0 Å². The van der Waals surface area contributed by atoms with Crippen LogP contribution in [0.1, 0.15) is 0 Å². The van der Waals surface area contributed by atoms with E-state index in [1.54, 1.807) is 0 Å². The van der Waals surface area contributed by atoms with Gasteiger partial charge in [-0.05, 0) is 0 Å². The molecule has 0 bridgehead atoms. The SMILES string of the molecule is c1ccc(-n2c3ccccc3c3ccc4c5ccccc5n(-c5cccc6c5[se]c5ccccc56)c4c32)cc1. The molecule has 0 saturated carbocycles. The van der Waals surface area contributed by atoms with Gasteiger partial charge in [0.15, 0.2) is 0 Å². The average Bonchev–Trinajstić information content (AvgIpc) is 3.65. The van der Waals surface area contributed by atoms with E-state index in [0.717, 1.165) is 0 Å². The summed E-state index contributed by atoms with van der Waals surface area (Å²) in [5, 5.41) is 7.92. The van der Waals surface area contributed by atoms with Crippen molar-refractivity contribution >= 4 is 77.4 Å². The molecule has 0 unspecified atom stereocenters. The number of para-hydroxylation sites is 3. The molecule has 0 aliphatic rings. The van der Waals surface area contributed by atoms with E-state index in [4.69, 9.17) is 0 Å². The summed E-state index contributed by atoms with van der Waals surface area (Å²) in [5.41, 5.74) is 7.50. The summed E-state index contributed by atoms with van der Waals surface area (Å²) in [6.45, 7) is 0. The summed E-state index contributed by atoms with van der Waals surface area (Å²) < 4.78 is 7.95. The number of nitrogens with zero attached hydrogens (tertiary/aromatic N) is 2. The van der Waals surface area contributed by atoms with Crippen molar-refractivity contribution in [1.82, 2.24) is 9.13 Å². The van der Waals surface area contributed by atoms with Gasteiger partial charge in [-0.3, -0.25) is 0 Å². The molecule has 0 atom stereocenters. The molecule has 0 N–H and O–H groups in total. The molecule has 182 valence electrons. The Morgan fingerprint density at radius 2 is 0.949 bits per heavy atom. The van der Waals surface area contributed by atoms with Crippen LogP contribution >= 0.6 is 0 Å². The van der Waals surface area contributed by atoms with Crippen LogP contribution in [0.4, 0.5) is 0 Å². The van der Waals surface area contributed by atoms with Crippen molar-refractivity contribution in [3.63, 3.8) is 0 Å². The van der Waals surface area contributed by atoms with Crippen LogP contribution in [0.2, 0.25) is 0 Å². The van der Waals surface area contributed by atoms with E-state index in [0.29, 0.717) is 0 Å². The number of hydrogen-bond donors (Lipinski definition) is 0. The Balaban J connectivity index is 1.56. The maximum atomic E-state index is 2.55. The van der Waals surface area contributed by atoms with E-state index in [9.17, 15) is 0 Å². The van der Waals surface area contributed by atoms with E-state index in [1.165, 1.54) is 74.3 Å². The van der Waals surface area contributed by atoms with Crippen molar-refractivity contribution in [1.29, 1.82) is 0 Å². The number of fused-ring (bicyclic) bond motifs is 10. The van der Waals surface area contributed by atoms with Gasteiger partial charge in [-0.15, -0.1) is 0 Å². The predicted octanol–water partition coefficient (Wildman–Crippen LogP) is 9.24. The topological polar surface area (TPSA) is 9.86 Å². The molecule has 0 saturated heterocycles. The van der Waals surface area contributed by atoms with E-state index in [1.807, 2.05) is 0 Å². The molecule has 0 amide bonds. The monoisotopic (exact) mass is 562 g/mol. The molecule has 9 aromatic rings. The summed E-state index contributed by atoms with van der Waals surface area (Å²) in [5.74, 6) is 0. The van der Waals surface area contributed by atoms with Crippen LogP contribution in [0, 0.1) is 0 Å². The van der Waals surface area contributed by atoms with Gasteiger partial charge in [0.05, 0.1) is 0 Å².